The summed E-state index contributed by atoms with van der Waals surface area (Å²) >= 11 is 6.04. The number of rotatable bonds is 3. The van der Waals surface area contributed by atoms with Crippen LogP contribution in [0.5, 0.6) is 0 Å². The quantitative estimate of drug-likeness (QED) is 0.799. The fourth-order valence-electron chi connectivity index (χ4n) is 2.18. The number of nitrogens with zero attached hydrogens (tertiary/aromatic N) is 3. The van der Waals surface area contributed by atoms with Gasteiger partial charge in [-0.2, -0.15) is 5.26 Å². The molecule has 0 amide bonds. The first-order valence-electron chi connectivity index (χ1n) is 6.20. The molecule has 0 spiro atoms. The van der Waals surface area contributed by atoms with Gasteiger partial charge in [-0.3, -0.25) is 0 Å². The van der Waals surface area contributed by atoms with Gasteiger partial charge in [0.05, 0.1) is 18.2 Å². The summed E-state index contributed by atoms with van der Waals surface area (Å²) in [4.78, 5) is 17.4. The molecule has 1 saturated heterocycles. The van der Waals surface area contributed by atoms with Gasteiger partial charge < -0.3 is 9.64 Å². The molecule has 0 bridgehead atoms. The van der Waals surface area contributed by atoms with Crippen molar-refractivity contribution in [3.8, 4) is 6.07 Å². The molecule has 0 aromatic carbocycles. The van der Waals surface area contributed by atoms with E-state index in [9.17, 15) is 9.18 Å². The van der Waals surface area contributed by atoms with Crippen molar-refractivity contribution >= 4 is 23.4 Å². The summed E-state index contributed by atoms with van der Waals surface area (Å²) in [7, 11) is 0. The number of anilines is 1. The van der Waals surface area contributed by atoms with Gasteiger partial charge in [0.15, 0.2) is 0 Å². The van der Waals surface area contributed by atoms with E-state index in [0.29, 0.717) is 0 Å². The van der Waals surface area contributed by atoms with Crippen molar-refractivity contribution in [1.29, 1.82) is 5.26 Å². The Morgan fingerprint density at radius 3 is 3.10 bits per heavy atom. The number of halogens is 2. The van der Waals surface area contributed by atoms with Gasteiger partial charge >= 0.3 is 5.97 Å². The van der Waals surface area contributed by atoms with E-state index < -0.39 is 18.2 Å². The normalized spacial score (nSPS) is 21.6. The third-order valence-corrected chi connectivity index (χ3v) is 3.32. The second kappa shape index (κ2) is 6.06. The van der Waals surface area contributed by atoms with Gasteiger partial charge in [-0.15, -0.1) is 0 Å². The van der Waals surface area contributed by atoms with Crippen molar-refractivity contribution < 1.29 is 13.9 Å². The molecule has 1 aromatic heterocycles. The first-order valence-corrected chi connectivity index (χ1v) is 6.58. The van der Waals surface area contributed by atoms with Gasteiger partial charge in [-0.05, 0) is 19.1 Å². The standard InChI is InChI=1S/C13H13ClFN3O2/c1-2-20-13(19)11-5-8(15)7-18(11)12-10(14)4-3-9(6-16)17-12/h3-4,8,11H,2,5,7H2,1H3/t8-,11-/m0/s1. The average Bonchev–Trinajstić information content (AvgIpc) is 2.81. The van der Waals surface area contributed by atoms with E-state index in [4.69, 9.17) is 21.6 Å². The van der Waals surface area contributed by atoms with E-state index in [1.807, 2.05) is 6.07 Å². The first kappa shape index (κ1) is 14.5. The predicted molar refractivity (Wildman–Crippen MR) is 71.2 cm³/mol. The van der Waals surface area contributed by atoms with Gasteiger partial charge in [-0.25, -0.2) is 14.2 Å². The molecule has 106 valence electrons. The van der Waals surface area contributed by atoms with Gasteiger partial charge in [0.25, 0.3) is 0 Å². The smallest absolute Gasteiger partial charge is 0.328 e. The molecule has 0 radical (unpaired) electrons. The van der Waals surface area contributed by atoms with Crippen molar-refractivity contribution in [1.82, 2.24) is 4.98 Å². The second-order valence-electron chi connectivity index (χ2n) is 4.37. The van der Waals surface area contributed by atoms with Gasteiger partial charge in [-0.1, -0.05) is 11.6 Å². The Balaban J connectivity index is 2.34. The van der Waals surface area contributed by atoms with Crippen molar-refractivity contribution in [2.24, 2.45) is 0 Å². The van der Waals surface area contributed by atoms with Gasteiger partial charge in [0.2, 0.25) is 0 Å². The Labute approximate surface area is 120 Å². The number of esters is 1. The summed E-state index contributed by atoms with van der Waals surface area (Å²) in [5.74, 6) is -0.267. The molecular formula is C13H13ClFN3O2. The molecule has 0 unspecified atom stereocenters. The van der Waals surface area contributed by atoms with Crippen LogP contribution in [0.25, 0.3) is 0 Å². The predicted octanol–water partition coefficient (Wildman–Crippen LogP) is 2.09. The maximum atomic E-state index is 13.6. The number of alkyl halides is 1. The number of ether oxygens (including phenoxy) is 1. The van der Waals surface area contributed by atoms with E-state index >= 15 is 0 Å². The zero-order valence-corrected chi connectivity index (χ0v) is 11.6. The van der Waals surface area contributed by atoms with E-state index in [1.54, 1.807) is 6.92 Å². The fourth-order valence-corrected chi connectivity index (χ4v) is 2.39. The van der Waals surface area contributed by atoms with Gasteiger partial charge in [0.1, 0.15) is 29.8 Å². The highest BCUT2D eigenvalue weighted by molar-refractivity contribution is 6.33. The number of aromatic nitrogens is 1. The molecule has 1 aliphatic rings. The van der Waals surface area contributed by atoms with Crippen LogP contribution < -0.4 is 4.90 Å². The van der Waals surface area contributed by atoms with Crippen LogP contribution in [-0.2, 0) is 9.53 Å². The molecule has 2 rings (SSSR count). The minimum absolute atomic E-state index is 0.00504. The summed E-state index contributed by atoms with van der Waals surface area (Å²) in [6.45, 7) is 1.91. The lowest BCUT2D eigenvalue weighted by Crippen LogP contribution is -2.38. The molecular weight excluding hydrogens is 285 g/mol. The number of carbonyl (C=O) groups is 1. The molecule has 20 heavy (non-hydrogen) atoms. The largest absolute Gasteiger partial charge is 0.464 e. The molecule has 5 nitrogen and oxygen atoms in total. The van der Waals surface area contributed by atoms with Crippen molar-refractivity contribution in [3.05, 3.63) is 22.8 Å². The summed E-state index contributed by atoms with van der Waals surface area (Å²) in [5.41, 5.74) is 0.161. The zero-order chi connectivity index (χ0) is 14.7. The van der Waals surface area contributed by atoms with Crippen LogP contribution in [0, 0.1) is 11.3 Å². The first-order chi connectivity index (χ1) is 9.56. The lowest BCUT2D eigenvalue weighted by atomic mass is 10.2. The van der Waals surface area contributed by atoms with E-state index in [1.165, 1.54) is 17.0 Å². The minimum Gasteiger partial charge on any atom is -0.464 e. The van der Waals surface area contributed by atoms with Gasteiger partial charge in [0, 0.05) is 6.42 Å². The molecule has 2 heterocycles. The Morgan fingerprint density at radius 1 is 1.70 bits per heavy atom. The zero-order valence-electron chi connectivity index (χ0n) is 10.8. The van der Waals surface area contributed by atoms with Crippen LogP contribution in [0.15, 0.2) is 12.1 Å². The summed E-state index contributed by atoms with van der Waals surface area (Å²) < 4.78 is 18.6. The van der Waals surface area contributed by atoms with E-state index in [-0.39, 0.29) is 36.1 Å². The monoisotopic (exact) mass is 297 g/mol. The summed E-state index contributed by atoms with van der Waals surface area (Å²) in [6, 6.07) is 4.11. The number of nitriles is 1. The number of hydrogen-bond donors (Lipinski definition) is 0. The topological polar surface area (TPSA) is 66.2 Å². The van der Waals surface area contributed by atoms with Crippen LogP contribution in [0.2, 0.25) is 5.02 Å². The maximum absolute atomic E-state index is 13.6. The molecule has 1 fully saturated rings. The molecule has 0 saturated carbocycles. The second-order valence-corrected chi connectivity index (χ2v) is 4.77. The Hall–Kier alpha value is -1.87. The fraction of sp³-hybridized carbons (Fsp3) is 0.462. The Kier molecular flexibility index (Phi) is 4.40. The van der Waals surface area contributed by atoms with Crippen LogP contribution in [0.4, 0.5) is 10.2 Å². The van der Waals surface area contributed by atoms with Crippen molar-refractivity contribution in [2.45, 2.75) is 25.6 Å². The van der Waals surface area contributed by atoms with Crippen LogP contribution in [-0.4, -0.2) is 36.3 Å². The highest BCUT2D eigenvalue weighted by Crippen LogP contribution is 2.32. The third-order valence-electron chi connectivity index (χ3n) is 3.02. The summed E-state index contributed by atoms with van der Waals surface area (Å²) in [5, 5.41) is 9.14. The third kappa shape index (κ3) is 2.83. The van der Waals surface area contributed by atoms with Crippen LogP contribution >= 0.6 is 11.6 Å². The molecule has 2 atom stereocenters. The number of hydrogen-bond acceptors (Lipinski definition) is 5. The lowest BCUT2D eigenvalue weighted by Gasteiger charge is -2.24. The molecule has 0 aliphatic carbocycles. The highest BCUT2D eigenvalue weighted by Gasteiger charge is 2.39. The molecule has 7 heteroatoms. The Bertz CT molecular complexity index is 561. The Morgan fingerprint density at radius 2 is 2.45 bits per heavy atom. The summed E-state index contributed by atoms with van der Waals surface area (Å²) in [6.07, 6.45) is -1.12. The van der Waals surface area contributed by atoms with E-state index in [0.717, 1.165) is 0 Å². The highest BCUT2D eigenvalue weighted by atomic mass is 35.5. The average molecular weight is 298 g/mol. The molecule has 1 aliphatic heterocycles. The van der Waals surface area contributed by atoms with Crippen molar-refractivity contribution in [3.63, 3.8) is 0 Å². The minimum atomic E-state index is -1.16. The SMILES string of the molecule is CCOC(=O)[C@@H]1C[C@H](F)CN1c1nc(C#N)ccc1Cl. The van der Waals surface area contributed by atoms with Crippen LogP contribution in [0.1, 0.15) is 19.0 Å². The number of pyridine rings is 1. The maximum Gasteiger partial charge on any atom is 0.328 e. The van der Waals surface area contributed by atoms with Crippen molar-refractivity contribution in [2.75, 3.05) is 18.1 Å². The lowest BCUT2D eigenvalue weighted by molar-refractivity contribution is -0.144. The van der Waals surface area contributed by atoms with E-state index in [2.05, 4.69) is 4.98 Å². The number of carbonyl (C=O) groups excluding carboxylic acids is 1. The molecule has 0 N–H and O–H groups in total. The molecule has 1 aromatic rings. The van der Waals surface area contributed by atoms with Crippen LogP contribution in [0.3, 0.4) is 0 Å².